The number of benzene rings is 1. The van der Waals surface area contributed by atoms with Crippen LogP contribution in [0.2, 0.25) is 0 Å². The number of H-pyrrole nitrogens is 2. The summed E-state index contributed by atoms with van der Waals surface area (Å²) in [6.45, 7) is 4.51. The summed E-state index contributed by atoms with van der Waals surface area (Å²) >= 11 is 0. The Morgan fingerprint density at radius 3 is 2.81 bits per heavy atom. The van der Waals surface area contributed by atoms with Crippen LogP contribution in [0.5, 0.6) is 0 Å². The van der Waals surface area contributed by atoms with Crippen molar-refractivity contribution in [3.05, 3.63) is 53.9 Å². The summed E-state index contributed by atoms with van der Waals surface area (Å²) in [7, 11) is 0. The topological polar surface area (TPSA) is 56.5 Å². The van der Waals surface area contributed by atoms with E-state index in [9.17, 15) is 0 Å². The summed E-state index contributed by atoms with van der Waals surface area (Å²) in [5.74, 6) is 0.681. The second-order valence-corrected chi connectivity index (χ2v) is 7.26. The Kier molecular flexibility index (Phi) is 3.79. The van der Waals surface area contributed by atoms with Crippen molar-refractivity contribution in [3.8, 4) is 11.3 Å². The predicted octanol–water partition coefficient (Wildman–Crippen LogP) is 4.74. The molecule has 4 nitrogen and oxygen atoms in total. The van der Waals surface area contributed by atoms with Crippen molar-refractivity contribution in [2.24, 2.45) is 0 Å². The third-order valence-corrected chi connectivity index (χ3v) is 5.82. The van der Waals surface area contributed by atoms with Gasteiger partial charge in [-0.15, -0.1) is 0 Å². The van der Waals surface area contributed by atoms with Crippen LogP contribution in [0.15, 0.2) is 42.7 Å². The van der Waals surface area contributed by atoms with Crippen molar-refractivity contribution in [1.29, 1.82) is 0 Å². The normalized spacial score (nSPS) is 15.9. The fourth-order valence-corrected chi connectivity index (χ4v) is 4.45. The lowest BCUT2D eigenvalue weighted by Gasteiger charge is -2.23. The molecule has 0 unspecified atom stereocenters. The van der Waals surface area contributed by atoms with Crippen LogP contribution < -0.4 is 5.32 Å². The number of aromatic nitrogens is 3. The predicted molar refractivity (Wildman–Crippen MR) is 108 cm³/mol. The molecule has 3 aromatic heterocycles. The Bertz CT molecular complexity index is 1070. The molecule has 0 saturated carbocycles. The maximum atomic E-state index is 4.44. The van der Waals surface area contributed by atoms with Gasteiger partial charge in [-0.25, -0.2) is 4.98 Å². The average molecular weight is 344 g/mol. The fourth-order valence-electron chi connectivity index (χ4n) is 4.45. The first-order valence-electron chi connectivity index (χ1n) is 9.63. The highest BCUT2D eigenvalue weighted by Gasteiger charge is 2.19. The highest BCUT2D eigenvalue weighted by molar-refractivity contribution is 5.98. The van der Waals surface area contributed by atoms with Gasteiger partial charge in [0, 0.05) is 34.2 Å². The molecule has 4 aromatic rings. The average Bonchev–Trinajstić information content (AvgIpc) is 3.32. The van der Waals surface area contributed by atoms with Gasteiger partial charge in [-0.2, -0.15) is 0 Å². The summed E-state index contributed by atoms with van der Waals surface area (Å²) < 4.78 is 0. The molecule has 26 heavy (non-hydrogen) atoms. The van der Waals surface area contributed by atoms with Crippen molar-refractivity contribution < 1.29 is 0 Å². The molecule has 5 rings (SSSR count). The highest BCUT2D eigenvalue weighted by atomic mass is 14.9. The first-order chi connectivity index (χ1) is 12.8. The van der Waals surface area contributed by atoms with Crippen molar-refractivity contribution in [2.45, 2.75) is 32.1 Å². The third kappa shape index (κ3) is 2.44. The molecular formula is C22H24N4. The smallest absolute Gasteiger partial charge is 0.137 e. The van der Waals surface area contributed by atoms with Crippen molar-refractivity contribution in [2.75, 3.05) is 13.1 Å². The summed E-state index contributed by atoms with van der Waals surface area (Å²) in [5, 5.41) is 6.02. The van der Waals surface area contributed by atoms with Gasteiger partial charge in [-0.05, 0) is 73.7 Å². The molecule has 1 saturated heterocycles. The minimum atomic E-state index is 0.681. The van der Waals surface area contributed by atoms with Gasteiger partial charge < -0.3 is 15.3 Å². The number of rotatable bonds is 3. The van der Waals surface area contributed by atoms with E-state index in [1.54, 1.807) is 0 Å². The van der Waals surface area contributed by atoms with E-state index in [1.165, 1.54) is 51.5 Å². The molecule has 132 valence electrons. The van der Waals surface area contributed by atoms with E-state index in [4.69, 9.17) is 0 Å². The summed E-state index contributed by atoms with van der Waals surface area (Å²) in [6.07, 6.45) is 7.33. The summed E-state index contributed by atoms with van der Waals surface area (Å²) in [5.41, 5.74) is 7.53. The summed E-state index contributed by atoms with van der Waals surface area (Å²) in [6, 6.07) is 11.2. The van der Waals surface area contributed by atoms with Gasteiger partial charge in [0.05, 0.1) is 5.69 Å². The van der Waals surface area contributed by atoms with E-state index in [-0.39, 0.29) is 0 Å². The minimum Gasteiger partial charge on any atom is -0.354 e. The van der Waals surface area contributed by atoms with E-state index in [2.05, 4.69) is 57.5 Å². The van der Waals surface area contributed by atoms with Gasteiger partial charge >= 0.3 is 0 Å². The van der Waals surface area contributed by atoms with Gasteiger partial charge in [-0.1, -0.05) is 13.0 Å². The first-order valence-corrected chi connectivity index (χ1v) is 9.63. The van der Waals surface area contributed by atoms with Crippen LogP contribution >= 0.6 is 0 Å². The van der Waals surface area contributed by atoms with E-state index < -0.39 is 0 Å². The second kappa shape index (κ2) is 6.29. The molecule has 0 radical (unpaired) electrons. The second-order valence-electron chi connectivity index (χ2n) is 7.26. The summed E-state index contributed by atoms with van der Waals surface area (Å²) in [4.78, 5) is 11.3. The number of nitrogens with zero attached hydrogens (tertiary/aromatic N) is 1. The maximum absolute atomic E-state index is 4.44. The molecule has 0 aliphatic carbocycles. The number of hydrogen-bond acceptors (Lipinski definition) is 2. The minimum absolute atomic E-state index is 0.681. The largest absolute Gasteiger partial charge is 0.354 e. The van der Waals surface area contributed by atoms with Crippen LogP contribution in [0, 0.1) is 0 Å². The van der Waals surface area contributed by atoms with Crippen LogP contribution in [0.3, 0.4) is 0 Å². The van der Waals surface area contributed by atoms with Crippen LogP contribution in [-0.2, 0) is 6.42 Å². The van der Waals surface area contributed by atoms with Gasteiger partial charge in [0.1, 0.15) is 5.65 Å². The van der Waals surface area contributed by atoms with Crippen LogP contribution in [0.1, 0.15) is 36.8 Å². The number of piperidine rings is 1. The van der Waals surface area contributed by atoms with Crippen LogP contribution in [0.25, 0.3) is 33.2 Å². The molecule has 0 amide bonds. The molecule has 3 N–H and O–H groups in total. The van der Waals surface area contributed by atoms with E-state index >= 15 is 0 Å². The zero-order valence-corrected chi connectivity index (χ0v) is 15.1. The zero-order valence-electron chi connectivity index (χ0n) is 15.1. The van der Waals surface area contributed by atoms with Crippen molar-refractivity contribution in [1.82, 2.24) is 20.3 Å². The first kappa shape index (κ1) is 15.6. The Hall–Kier alpha value is -2.59. The van der Waals surface area contributed by atoms with Gasteiger partial charge in [0.15, 0.2) is 0 Å². The van der Waals surface area contributed by atoms with Gasteiger partial charge in [0.2, 0.25) is 0 Å². The lowest BCUT2D eigenvalue weighted by molar-refractivity contribution is 0.460. The molecular weight excluding hydrogens is 320 g/mol. The fraction of sp³-hybridized carbons (Fsp3) is 0.318. The number of aryl methyl sites for hydroxylation is 1. The van der Waals surface area contributed by atoms with Crippen molar-refractivity contribution in [3.63, 3.8) is 0 Å². The molecule has 1 aliphatic rings. The Labute approximate surface area is 153 Å². The van der Waals surface area contributed by atoms with Gasteiger partial charge in [-0.3, -0.25) is 0 Å². The number of fused-ring (bicyclic) bond motifs is 2. The number of hydrogen-bond donors (Lipinski definition) is 3. The Morgan fingerprint density at radius 1 is 1.08 bits per heavy atom. The lowest BCUT2D eigenvalue weighted by atomic mass is 9.89. The molecule has 0 bridgehead atoms. The maximum Gasteiger partial charge on any atom is 0.137 e. The standard InChI is InChI=1S/C22H24N4/c1-2-16-19-13-15(14-5-9-23-10-6-14)3-4-20(19)26-21(16)17-7-11-24-22-18(17)8-12-25-22/h3-4,7-8,11-14,23,26H,2,5-6,9-10H2,1H3,(H,24,25). The highest BCUT2D eigenvalue weighted by Crippen LogP contribution is 2.36. The molecule has 0 spiro atoms. The van der Waals surface area contributed by atoms with E-state index in [1.807, 2.05) is 12.4 Å². The van der Waals surface area contributed by atoms with Gasteiger partial charge in [0.25, 0.3) is 0 Å². The monoisotopic (exact) mass is 344 g/mol. The van der Waals surface area contributed by atoms with Crippen LogP contribution in [0.4, 0.5) is 0 Å². The quantitative estimate of drug-likeness (QED) is 0.503. The molecule has 4 heteroatoms. The van der Waals surface area contributed by atoms with E-state index in [0.717, 1.165) is 25.2 Å². The number of nitrogens with one attached hydrogen (secondary N) is 3. The Balaban J connectivity index is 1.68. The Morgan fingerprint density at radius 2 is 1.96 bits per heavy atom. The van der Waals surface area contributed by atoms with Crippen molar-refractivity contribution >= 4 is 21.9 Å². The molecule has 1 aliphatic heterocycles. The SMILES string of the molecule is CCc1c(-c2ccnc3[nH]ccc23)[nH]c2ccc(C3CCNCC3)cc12. The molecule has 4 heterocycles. The number of pyridine rings is 1. The number of aromatic amines is 2. The lowest BCUT2D eigenvalue weighted by Crippen LogP contribution is -2.26. The zero-order chi connectivity index (χ0) is 17.5. The third-order valence-electron chi connectivity index (χ3n) is 5.82. The molecule has 0 atom stereocenters. The van der Waals surface area contributed by atoms with E-state index in [0.29, 0.717) is 5.92 Å². The molecule has 1 fully saturated rings. The van der Waals surface area contributed by atoms with Crippen LogP contribution in [-0.4, -0.2) is 28.0 Å². The molecule has 1 aromatic carbocycles.